The van der Waals surface area contributed by atoms with Crippen molar-refractivity contribution in [3.8, 4) is 39.6 Å². The molecule has 0 N–H and O–H groups in total. The van der Waals surface area contributed by atoms with Crippen LogP contribution >= 0.6 is 0 Å². The molecule has 3 heterocycles. The van der Waals surface area contributed by atoms with Crippen molar-refractivity contribution >= 4 is 40.3 Å². The van der Waals surface area contributed by atoms with Gasteiger partial charge in [0.1, 0.15) is 8.07 Å². The molecule has 7 aromatic rings. The summed E-state index contributed by atoms with van der Waals surface area (Å²) in [7, 11) is -2.04. The van der Waals surface area contributed by atoms with Crippen LogP contribution in [0.4, 0.5) is 0 Å². The summed E-state index contributed by atoms with van der Waals surface area (Å²) in [6.45, 7) is 9.62. The molecule has 0 saturated carbocycles. The zero-order chi connectivity index (χ0) is 29.1. The number of rotatable bonds is 2. The predicted octanol–water partition coefficient (Wildman–Crippen LogP) is 8.35. The maximum atomic E-state index is 5.54. The number of fused-ring (bicyclic) bond motifs is 10. The maximum Gasteiger partial charge on any atom is 0.235 e. The van der Waals surface area contributed by atoms with Crippen molar-refractivity contribution in [2.45, 2.75) is 32.4 Å². The highest BCUT2D eigenvalue weighted by Crippen LogP contribution is 2.52. The molecule has 9 rings (SSSR count). The minimum atomic E-state index is -2.04. The molecular weight excluding hydrogens is 539 g/mol. The topological polar surface area (TPSA) is 30.7 Å². The van der Waals surface area contributed by atoms with Crippen molar-refractivity contribution in [2.75, 3.05) is 0 Å². The minimum absolute atomic E-state index is 0.169. The number of hydrogen-bond acceptors (Lipinski definition) is 2. The predicted molar refractivity (Wildman–Crippen MR) is 182 cm³/mol. The van der Waals surface area contributed by atoms with Crippen LogP contribution in [0, 0.1) is 0 Å². The van der Waals surface area contributed by atoms with Crippen molar-refractivity contribution in [3.05, 3.63) is 126 Å². The van der Waals surface area contributed by atoms with Crippen molar-refractivity contribution < 1.29 is 0 Å². The summed E-state index contributed by atoms with van der Waals surface area (Å²) in [5, 5.41) is 5.25. The van der Waals surface area contributed by atoms with E-state index in [1.54, 1.807) is 0 Å². The lowest BCUT2D eigenvalue weighted by molar-refractivity contribution is 0.663. The molecule has 0 amide bonds. The van der Waals surface area contributed by atoms with Crippen LogP contribution in [-0.4, -0.2) is 22.6 Å². The zero-order valence-electron chi connectivity index (χ0n) is 24.8. The van der Waals surface area contributed by atoms with E-state index in [4.69, 9.17) is 9.97 Å². The van der Waals surface area contributed by atoms with Gasteiger partial charge in [0.05, 0.1) is 22.4 Å². The van der Waals surface area contributed by atoms with Crippen molar-refractivity contribution in [1.82, 2.24) is 14.5 Å². The van der Waals surface area contributed by atoms with E-state index in [0.717, 1.165) is 28.4 Å². The van der Waals surface area contributed by atoms with Crippen LogP contribution < -0.4 is 10.4 Å². The van der Waals surface area contributed by atoms with Crippen LogP contribution in [0.1, 0.15) is 25.0 Å². The van der Waals surface area contributed by atoms with E-state index in [0.29, 0.717) is 0 Å². The van der Waals surface area contributed by atoms with Gasteiger partial charge < -0.3 is 0 Å². The fourth-order valence-corrected chi connectivity index (χ4v) is 11.3. The summed E-state index contributed by atoms with van der Waals surface area (Å²) in [6, 6.07) is 41.9. The molecule has 2 aliphatic rings. The van der Waals surface area contributed by atoms with Gasteiger partial charge in [0.25, 0.3) is 0 Å². The van der Waals surface area contributed by atoms with Gasteiger partial charge in [0.2, 0.25) is 5.95 Å². The largest absolute Gasteiger partial charge is 0.278 e. The smallest absolute Gasteiger partial charge is 0.235 e. The molecule has 0 bridgehead atoms. The number of benzene rings is 5. The van der Waals surface area contributed by atoms with E-state index in [2.05, 4.69) is 147 Å². The lowest BCUT2D eigenvalue weighted by Crippen LogP contribution is -2.50. The average Bonchev–Trinajstić information content (AvgIpc) is 3.58. The normalized spacial score (nSPS) is 15.3. The minimum Gasteiger partial charge on any atom is -0.278 e. The Bertz CT molecular complexity index is 2290. The van der Waals surface area contributed by atoms with Crippen LogP contribution in [0.3, 0.4) is 0 Å². The highest BCUT2D eigenvalue weighted by molar-refractivity contribution is 7.04. The van der Waals surface area contributed by atoms with Crippen LogP contribution in [0.25, 0.3) is 61.4 Å². The molecule has 206 valence electrons. The number of aromatic nitrogens is 3. The van der Waals surface area contributed by atoms with Gasteiger partial charge in [-0.25, -0.2) is 9.97 Å². The number of para-hydroxylation sites is 1. The summed E-state index contributed by atoms with van der Waals surface area (Å²) >= 11 is 0. The molecule has 5 aromatic carbocycles. The van der Waals surface area contributed by atoms with Gasteiger partial charge in [-0.2, -0.15) is 0 Å². The first-order valence-corrected chi connectivity index (χ1v) is 18.1. The standard InChI is InChI=1S/C39H31N3Si/c1-39(2)30-19-11-8-16-25(30)27-22-23-28-26-17-9-12-20-31(26)42(36(28)33(27)39)38-40-34(24-14-6-5-7-15-24)37-35(41-38)29-18-10-13-21-32(29)43(37,3)4/h5-23H,1-4H3. The molecule has 0 radical (unpaired) electrons. The quantitative estimate of drug-likeness (QED) is 0.196. The molecule has 0 saturated heterocycles. The average molecular weight is 570 g/mol. The number of nitrogens with zero attached hydrogens (tertiary/aromatic N) is 3. The summed E-state index contributed by atoms with van der Waals surface area (Å²) in [4.78, 5) is 11.1. The Morgan fingerprint density at radius 1 is 0.605 bits per heavy atom. The third-order valence-electron chi connectivity index (χ3n) is 9.98. The first-order chi connectivity index (χ1) is 20.9. The molecule has 0 fully saturated rings. The highest BCUT2D eigenvalue weighted by atomic mass is 28.3. The molecule has 0 spiro atoms. The molecule has 2 aromatic heterocycles. The molecule has 43 heavy (non-hydrogen) atoms. The molecule has 1 aliphatic carbocycles. The molecule has 1 aliphatic heterocycles. The summed E-state index contributed by atoms with van der Waals surface area (Å²) in [5.74, 6) is 0.741. The molecule has 0 atom stereocenters. The molecule has 0 unspecified atom stereocenters. The van der Waals surface area contributed by atoms with Gasteiger partial charge in [0.15, 0.2) is 0 Å². The van der Waals surface area contributed by atoms with Gasteiger partial charge in [-0.15, -0.1) is 0 Å². The van der Waals surface area contributed by atoms with Gasteiger partial charge in [-0.1, -0.05) is 136 Å². The highest BCUT2D eigenvalue weighted by Gasteiger charge is 2.43. The van der Waals surface area contributed by atoms with E-state index in [-0.39, 0.29) is 5.41 Å². The lowest BCUT2D eigenvalue weighted by Gasteiger charge is -2.24. The fourth-order valence-electron chi connectivity index (χ4n) is 8.03. The van der Waals surface area contributed by atoms with Crippen molar-refractivity contribution in [1.29, 1.82) is 0 Å². The Labute approximate surface area is 252 Å². The van der Waals surface area contributed by atoms with Gasteiger partial charge in [-0.05, 0) is 44.3 Å². The lowest BCUT2D eigenvalue weighted by atomic mass is 9.81. The van der Waals surface area contributed by atoms with Gasteiger partial charge in [-0.3, -0.25) is 4.57 Å². The molecule has 4 heteroatoms. The Morgan fingerprint density at radius 3 is 2.12 bits per heavy atom. The first kappa shape index (κ1) is 24.8. The summed E-state index contributed by atoms with van der Waals surface area (Å²) in [5.41, 5.74) is 12.1. The van der Waals surface area contributed by atoms with E-state index in [1.165, 1.54) is 54.5 Å². The first-order valence-electron chi connectivity index (χ1n) is 15.1. The van der Waals surface area contributed by atoms with E-state index >= 15 is 0 Å². The Hall–Kier alpha value is -4.80. The zero-order valence-corrected chi connectivity index (χ0v) is 25.8. The van der Waals surface area contributed by atoms with E-state index in [1.807, 2.05) is 0 Å². The van der Waals surface area contributed by atoms with Crippen molar-refractivity contribution in [2.24, 2.45) is 0 Å². The number of hydrogen-bond donors (Lipinski definition) is 0. The SMILES string of the molecule is CC1(C)c2ccccc2-c2ccc3c4ccccc4n(-c4nc(-c5ccccc5)c5c(n4)-c4ccccc4[Si]5(C)C)c3c21. The Balaban J connectivity index is 1.46. The second-order valence-corrected chi connectivity index (χ2v) is 17.3. The van der Waals surface area contributed by atoms with E-state index in [9.17, 15) is 0 Å². The second kappa shape index (κ2) is 8.39. The summed E-state index contributed by atoms with van der Waals surface area (Å²) in [6.07, 6.45) is 0. The fraction of sp³-hybridized carbons (Fsp3) is 0.128. The van der Waals surface area contributed by atoms with Crippen LogP contribution in [0.5, 0.6) is 0 Å². The van der Waals surface area contributed by atoms with Crippen LogP contribution in [0.15, 0.2) is 115 Å². The van der Waals surface area contributed by atoms with Crippen LogP contribution in [0.2, 0.25) is 13.1 Å². The maximum absolute atomic E-state index is 5.54. The molecule has 3 nitrogen and oxygen atoms in total. The van der Waals surface area contributed by atoms with Crippen molar-refractivity contribution in [3.63, 3.8) is 0 Å². The van der Waals surface area contributed by atoms with Gasteiger partial charge in [0, 0.05) is 21.8 Å². The third kappa shape index (κ3) is 3.14. The molecular formula is C39H31N3Si. The monoisotopic (exact) mass is 569 g/mol. The Morgan fingerprint density at radius 2 is 1.28 bits per heavy atom. The van der Waals surface area contributed by atoms with Crippen LogP contribution in [-0.2, 0) is 5.41 Å². The summed E-state index contributed by atoms with van der Waals surface area (Å²) < 4.78 is 2.36. The third-order valence-corrected chi connectivity index (χ3v) is 13.5. The Kier molecular flexibility index (Phi) is 4.83. The van der Waals surface area contributed by atoms with E-state index < -0.39 is 8.07 Å². The second-order valence-electron chi connectivity index (χ2n) is 13.0. The van der Waals surface area contributed by atoms with Gasteiger partial charge >= 0.3 is 0 Å².